The van der Waals surface area contributed by atoms with Crippen molar-refractivity contribution in [1.82, 2.24) is 4.90 Å². The van der Waals surface area contributed by atoms with Gasteiger partial charge in [0.15, 0.2) is 12.7 Å². The average Bonchev–Trinajstić information content (AvgIpc) is 2.71. The minimum atomic E-state index is -0.962. The van der Waals surface area contributed by atoms with Crippen LogP contribution in [0.25, 0.3) is 0 Å². The molecule has 0 unspecified atom stereocenters. The molecule has 1 aliphatic carbocycles. The maximum absolute atomic E-state index is 12.7. The van der Waals surface area contributed by atoms with Crippen LogP contribution in [0.4, 0.5) is 0 Å². The van der Waals surface area contributed by atoms with E-state index < -0.39 is 17.6 Å². The summed E-state index contributed by atoms with van der Waals surface area (Å²) in [7, 11) is 1.62. The fraction of sp³-hybridized carbons (Fsp3) is 0.591. The van der Waals surface area contributed by atoms with E-state index >= 15 is 0 Å². The van der Waals surface area contributed by atoms with E-state index in [0.29, 0.717) is 24.5 Å². The second-order valence-corrected chi connectivity index (χ2v) is 7.75. The van der Waals surface area contributed by atoms with Gasteiger partial charge in [-0.2, -0.15) is 5.26 Å². The summed E-state index contributed by atoms with van der Waals surface area (Å²) in [6, 6.07) is 9.84. The molecule has 28 heavy (non-hydrogen) atoms. The van der Waals surface area contributed by atoms with Crippen LogP contribution in [0.3, 0.4) is 0 Å². The molecule has 1 atom stereocenters. The fourth-order valence-electron chi connectivity index (χ4n) is 3.52. The smallest absolute Gasteiger partial charge is 0.344 e. The first kappa shape index (κ1) is 21.7. The number of hydrogen-bond donors (Lipinski definition) is 0. The molecule has 1 saturated carbocycles. The van der Waals surface area contributed by atoms with E-state index in [4.69, 9.17) is 9.47 Å². The van der Waals surface area contributed by atoms with Gasteiger partial charge in [0.25, 0.3) is 5.91 Å². The van der Waals surface area contributed by atoms with Crippen LogP contribution in [0.2, 0.25) is 0 Å². The summed E-state index contributed by atoms with van der Waals surface area (Å²) in [6.07, 6.45) is 3.26. The largest absolute Gasteiger partial charge is 0.482 e. The van der Waals surface area contributed by atoms with Gasteiger partial charge in [-0.3, -0.25) is 4.79 Å². The lowest BCUT2D eigenvalue weighted by molar-refractivity contribution is -0.162. The third kappa shape index (κ3) is 5.25. The Kier molecular flexibility index (Phi) is 7.45. The first-order chi connectivity index (χ1) is 13.3. The van der Waals surface area contributed by atoms with Gasteiger partial charge >= 0.3 is 5.97 Å². The van der Waals surface area contributed by atoms with E-state index in [1.807, 2.05) is 24.3 Å². The van der Waals surface area contributed by atoms with Crippen LogP contribution in [0.1, 0.15) is 64.4 Å². The van der Waals surface area contributed by atoms with E-state index in [9.17, 15) is 14.9 Å². The normalized spacial score (nSPS) is 16.7. The van der Waals surface area contributed by atoms with E-state index in [1.165, 1.54) is 17.4 Å². The van der Waals surface area contributed by atoms with Gasteiger partial charge in [0.2, 0.25) is 0 Å². The molecule has 6 heteroatoms. The zero-order valence-electron chi connectivity index (χ0n) is 17.2. The predicted molar refractivity (Wildman–Crippen MR) is 106 cm³/mol. The summed E-state index contributed by atoms with van der Waals surface area (Å²) in [5.74, 6) is 0.0155. The van der Waals surface area contributed by atoms with Crippen molar-refractivity contribution in [3.05, 3.63) is 29.8 Å². The molecule has 0 aliphatic heterocycles. The van der Waals surface area contributed by atoms with Gasteiger partial charge in [0.05, 0.1) is 6.07 Å². The molecule has 1 aliphatic rings. The molecular weight excluding hydrogens is 356 g/mol. The first-order valence-electron chi connectivity index (χ1n) is 9.90. The maximum Gasteiger partial charge on any atom is 0.344 e. The lowest BCUT2D eigenvalue weighted by Gasteiger charge is -2.39. The monoisotopic (exact) mass is 386 g/mol. The van der Waals surface area contributed by atoms with E-state index in [-0.39, 0.29) is 12.5 Å². The van der Waals surface area contributed by atoms with Crippen molar-refractivity contribution in [2.45, 2.75) is 70.4 Å². The molecule has 0 aromatic heterocycles. The van der Waals surface area contributed by atoms with Gasteiger partial charge in [-0.1, -0.05) is 45.2 Å². The Hall–Kier alpha value is -2.55. The molecule has 0 heterocycles. The third-order valence-electron chi connectivity index (χ3n) is 5.42. The topological polar surface area (TPSA) is 79.6 Å². The summed E-state index contributed by atoms with van der Waals surface area (Å²) in [5, 5.41) is 9.62. The maximum atomic E-state index is 12.7. The number of carbonyl (C=O) groups excluding carboxylic acids is 2. The number of carbonyl (C=O) groups is 2. The minimum absolute atomic E-state index is 0.272. The van der Waals surface area contributed by atoms with E-state index in [2.05, 4.69) is 19.9 Å². The standard InChI is InChI=1S/C22H30N2O4/c1-16(2)18-8-10-19(11-9-18)27-14-20(25)28-17(3)21(26)24(4)22(15-23)12-6-5-7-13-22/h8-11,16-17H,5-7,12-14H2,1-4H3/t17-/m0/s1. The quantitative estimate of drug-likeness (QED) is 0.666. The highest BCUT2D eigenvalue weighted by Gasteiger charge is 2.40. The molecule has 0 saturated heterocycles. The highest BCUT2D eigenvalue weighted by Crippen LogP contribution is 2.32. The van der Waals surface area contributed by atoms with Crippen LogP contribution in [-0.2, 0) is 14.3 Å². The van der Waals surface area contributed by atoms with Gasteiger partial charge in [-0.05, 0) is 43.4 Å². The van der Waals surface area contributed by atoms with E-state index in [0.717, 1.165) is 19.3 Å². The molecule has 6 nitrogen and oxygen atoms in total. The number of hydrogen-bond acceptors (Lipinski definition) is 5. The molecule has 2 rings (SSSR count). The van der Waals surface area contributed by atoms with Crippen LogP contribution in [-0.4, -0.2) is 42.1 Å². The molecule has 0 spiro atoms. The van der Waals surface area contributed by atoms with Gasteiger partial charge in [0, 0.05) is 7.05 Å². The summed E-state index contributed by atoms with van der Waals surface area (Å²) in [4.78, 5) is 26.2. The van der Waals surface area contributed by atoms with Gasteiger partial charge in [-0.25, -0.2) is 4.79 Å². The summed E-state index contributed by atoms with van der Waals surface area (Å²) < 4.78 is 10.7. The molecule has 0 N–H and O–H groups in total. The van der Waals surface area contributed by atoms with Crippen molar-refractivity contribution >= 4 is 11.9 Å². The van der Waals surface area contributed by atoms with Crippen LogP contribution in [0.15, 0.2) is 24.3 Å². The van der Waals surface area contributed by atoms with Crippen LogP contribution >= 0.6 is 0 Å². The number of benzene rings is 1. The lowest BCUT2D eigenvalue weighted by Crippen LogP contribution is -2.53. The number of rotatable bonds is 7. The SMILES string of the molecule is CC(C)c1ccc(OCC(=O)O[C@@H](C)C(=O)N(C)C2(C#N)CCCCC2)cc1. The molecule has 152 valence electrons. The van der Waals surface area contributed by atoms with Gasteiger partial charge in [-0.15, -0.1) is 0 Å². The number of esters is 1. The van der Waals surface area contributed by atoms with Gasteiger partial charge < -0.3 is 14.4 Å². The number of nitrogens with zero attached hydrogens (tertiary/aromatic N) is 2. The second kappa shape index (κ2) is 9.59. The molecule has 1 aromatic carbocycles. The average molecular weight is 386 g/mol. The molecule has 1 aromatic rings. The Balaban J connectivity index is 1.87. The highest BCUT2D eigenvalue weighted by molar-refractivity contribution is 5.84. The fourth-order valence-corrected chi connectivity index (χ4v) is 3.52. The number of amides is 1. The third-order valence-corrected chi connectivity index (χ3v) is 5.42. The summed E-state index contributed by atoms with van der Waals surface area (Å²) in [5.41, 5.74) is 0.385. The van der Waals surface area contributed by atoms with Crippen LogP contribution in [0.5, 0.6) is 5.75 Å². The molecule has 0 bridgehead atoms. The van der Waals surface area contributed by atoms with Crippen molar-refractivity contribution in [3.8, 4) is 11.8 Å². The Morgan fingerprint density at radius 3 is 2.29 bits per heavy atom. The summed E-state index contributed by atoms with van der Waals surface area (Å²) in [6.45, 7) is 5.46. The van der Waals surface area contributed by atoms with Crippen molar-refractivity contribution < 1.29 is 19.1 Å². The lowest BCUT2D eigenvalue weighted by atomic mass is 9.81. The summed E-state index contributed by atoms with van der Waals surface area (Å²) >= 11 is 0. The number of nitriles is 1. The zero-order valence-corrected chi connectivity index (χ0v) is 17.2. The number of likely N-dealkylation sites (N-methyl/N-ethyl adjacent to an activating group) is 1. The molecule has 1 amide bonds. The molecule has 0 radical (unpaired) electrons. The molecule has 1 fully saturated rings. The van der Waals surface area contributed by atoms with Crippen molar-refractivity contribution in [1.29, 1.82) is 5.26 Å². The zero-order chi connectivity index (χ0) is 20.7. The Labute approximate surface area is 167 Å². The Morgan fingerprint density at radius 2 is 1.75 bits per heavy atom. The minimum Gasteiger partial charge on any atom is -0.482 e. The van der Waals surface area contributed by atoms with Crippen LogP contribution in [0, 0.1) is 11.3 Å². The Bertz CT molecular complexity index is 715. The van der Waals surface area contributed by atoms with Gasteiger partial charge in [0.1, 0.15) is 11.3 Å². The van der Waals surface area contributed by atoms with Crippen molar-refractivity contribution in [2.75, 3.05) is 13.7 Å². The predicted octanol–water partition coefficient (Wildman–Crippen LogP) is 3.81. The molecular formula is C22H30N2O4. The van der Waals surface area contributed by atoms with Crippen LogP contribution < -0.4 is 4.74 Å². The van der Waals surface area contributed by atoms with Crippen molar-refractivity contribution in [3.63, 3.8) is 0 Å². The second-order valence-electron chi connectivity index (χ2n) is 7.75. The highest BCUT2D eigenvalue weighted by atomic mass is 16.6. The Morgan fingerprint density at radius 1 is 1.14 bits per heavy atom. The van der Waals surface area contributed by atoms with Crippen molar-refractivity contribution in [2.24, 2.45) is 0 Å². The number of ether oxygens (including phenoxy) is 2. The van der Waals surface area contributed by atoms with E-state index in [1.54, 1.807) is 7.05 Å². The first-order valence-corrected chi connectivity index (χ1v) is 9.90.